The summed E-state index contributed by atoms with van der Waals surface area (Å²) in [6, 6.07) is 12.3. The third kappa shape index (κ3) is 4.44. The van der Waals surface area contributed by atoms with Crippen LogP contribution in [0.3, 0.4) is 0 Å². The van der Waals surface area contributed by atoms with E-state index in [1.807, 2.05) is 0 Å². The third-order valence-corrected chi connectivity index (χ3v) is 4.60. The Morgan fingerprint density at radius 1 is 1.14 bits per heavy atom. The number of aromatic nitrogens is 5. The predicted octanol–water partition coefficient (Wildman–Crippen LogP) is 4.20. The van der Waals surface area contributed by atoms with E-state index in [0.717, 1.165) is 5.56 Å². The monoisotopic (exact) mass is 428 g/mol. The highest BCUT2D eigenvalue weighted by Crippen LogP contribution is 2.28. The van der Waals surface area contributed by atoms with E-state index in [4.69, 9.17) is 27.7 Å². The van der Waals surface area contributed by atoms with E-state index in [1.165, 1.54) is 17.3 Å². The van der Waals surface area contributed by atoms with Gasteiger partial charge < -0.3 is 9.84 Å². The number of halogens is 2. The van der Waals surface area contributed by atoms with Crippen molar-refractivity contribution in [2.24, 2.45) is 0 Å². The van der Waals surface area contributed by atoms with Gasteiger partial charge in [0.15, 0.2) is 0 Å². The first kappa shape index (κ1) is 19.1. The van der Waals surface area contributed by atoms with Crippen LogP contribution < -0.4 is 5.32 Å². The average Bonchev–Trinajstić information content (AvgIpc) is 3.39. The predicted molar refractivity (Wildman–Crippen MR) is 108 cm³/mol. The molecule has 8 nitrogen and oxygen atoms in total. The van der Waals surface area contributed by atoms with Crippen LogP contribution in [-0.4, -0.2) is 30.8 Å². The lowest BCUT2D eigenvalue weighted by atomic mass is 10.2. The van der Waals surface area contributed by atoms with Crippen LogP contribution in [0.15, 0.2) is 59.6 Å². The van der Waals surface area contributed by atoms with Crippen molar-refractivity contribution >= 4 is 34.8 Å². The van der Waals surface area contributed by atoms with Crippen molar-refractivity contribution in [1.29, 1.82) is 0 Å². The first-order chi connectivity index (χ1) is 14.1. The van der Waals surface area contributed by atoms with Gasteiger partial charge in [-0.05, 0) is 36.4 Å². The summed E-state index contributed by atoms with van der Waals surface area (Å²) in [6.07, 6.45) is 3.35. The molecule has 0 aliphatic carbocycles. The quantitative estimate of drug-likeness (QED) is 0.494. The molecule has 0 fully saturated rings. The largest absolute Gasteiger partial charge is 0.339 e. The van der Waals surface area contributed by atoms with Crippen molar-refractivity contribution in [1.82, 2.24) is 24.9 Å². The molecule has 1 amide bonds. The van der Waals surface area contributed by atoms with Crippen molar-refractivity contribution < 1.29 is 9.32 Å². The number of amides is 1. The summed E-state index contributed by atoms with van der Waals surface area (Å²) in [7, 11) is 0. The Kier molecular flexibility index (Phi) is 5.55. The zero-order valence-corrected chi connectivity index (χ0v) is 16.4. The lowest BCUT2D eigenvalue weighted by Crippen LogP contribution is -2.14. The Labute approximate surface area is 175 Å². The maximum atomic E-state index is 12.4. The number of aryl methyl sites for hydroxylation is 1. The number of rotatable bonds is 6. The fraction of sp³-hybridized carbons (Fsp3) is 0.105. The number of nitrogens with zero attached hydrogens (tertiary/aromatic N) is 5. The summed E-state index contributed by atoms with van der Waals surface area (Å²) in [5.74, 6) is 0.591. The number of carbonyl (C=O) groups excluding carboxylic acids is 1. The van der Waals surface area contributed by atoms with Gasteiger partial charge in [0, 0.05) is 23.4 Å². The van der Waals surface area contributed by atoms with Crippen LogP contribution in [-0.2, 0) is 11.2 Å². The molecule has 146 valence electrons. The Balaban J connectivity index is 1.42. The number of nitrogens with one attached hydrogen (secondary N) is 1. The van der Waals surface area contributed by atoms with E-state index in [2.05, 4.69) is 25.5 Å². The van der Waals surface area contributed by atoms with Crippen LogP contribution in [0, 0.1) is 0 Å². The number of anilines is 1. The molecule has 29 heavy (non-hydrogen) atoms. The topological polar surface area (TPSA) is 98.7 Å². The van der Waals surface area contributed by atoms with E-state index >= 15 is 0 Å². The molecule has 4 rings (SSSR count). The van der Waals surface area contributed by atoms with Gasteiger partial charge in [-0.3, -0.25) is 4.79 Å². The highest BCUT2D eigenvalue weighted by molar-refractivity contribution is 6.33. The van der Waals surface area contributed by atoms with Crippen LogP contribution in [0.25, 0.3) is 17.1 Å². The van der Waals surface area contributed by atoms with Gasteiger partial charge in [-0.25, -0.2) is 9.67 Å². The van der Waals surface area contributed by atoms with Gasteiger partial charge in [-0.2, -0.15) is 10.1 Å². The summed E-state index contributed by atoms with van der Waals surface area (Å²) >= 11 is 12.1. The molecule has 0 saturated heterocycles. The van der Waals surface area contributed by atoms with Gasteiger partial charge in [0.2, 0.25) is 17.6 Å². The highest BCUT2D eigenvalue weighted by atomic mass is 35.5. The van der Waals surface area contributed by atoms with Crippen molar-refractivity contribution in [2.75, 3.05) is 5.32 Å². The van der Waals surface area contributed by atoms with E-state index in [-0.39, 0.29) is 12.3 Å². The van der Waals surface area contributed by atoms with Crippen LogP contribution in [0.4, 0.5) is 5.69 Å². The average molecular weight is 429 g/mol. The van der Waals surface area contributed by atoms with Gasteiger partial charge in [0.05, 0.1) is 10.7 Å². The zero-order valence-electron chi connectivity index (χ0n) is 14.9. The van der Waals surface area contributed by atoms with Crippen LogP contribution in [0.2, 0.25) is 10.0 Å². The van der Waals surface area contributed by atoms with Gasteiger partial charge >= 0.3 is 0 Å². The molecular weight excluding hydrogens is 415 g/mol. The van der Waals surface area contributed by atoms with Crippen molar-refractivity contribution in [3.63, 3.8) is 0 Å². The number of hydrogen-bond donors (Lipinski definition) is 1. The van der Waals surface area contributed by atoms with Crippen LogP contribution >= 0.6 is 23.2 Å². The lowest BCUT2D eigenvalue weighted by molar-refractivity contribution is -0.116. The fourth-order valence-electron chi connectivity index (χ4n) is 2.68. The summed E-state index contributed by atoms with van der Waals surface area (Å²) in [4.78, 5) is 20.7. The Morgan fingerprint density at radius 2 is 1.97 bits per heavy atom. The molecule has 2 aromatic heterocycles. The minimum absolute atomic E-state index is 0.158. The molecule has 0 spiro atoms. The van der Waals surface area contributed by atoms with E-state index in [9.17, 15) is 4.79 Å². The number of carbonyl (C=O) groups is 1. The Morgan fingerprint density at radius 3 is 2.72 bits per heavy atom. The number of benzene rings is 2. The van der Waals surface area contributed by atoms with E-state index < -0.39 is 0 Å². The molecule has 10 heteroatoms. The minimum atomic E-state index is -0.222. The van der Waals surface area contributed by atoms with Gasteiger partial charge in [0.1, 0.15) is 18.3 Å². The molecular formula is C19H14Cl2N6O2. The van der Waals surface area contributed by atoms with Crippen molar-refractivity contribution in [3.8, 4) is 17.1 Å². The molecule has 0 aliphatic rings. The standard InChI is InChI=1S/C19H14Cl2N6O2/c20-13-6-4-12(5-7-13)19-25-17(29-26-19)9-8-16(28)24-15-3-1-2-14(21)18(15)27-11-22-10-23-27/h1-7,10-11H,8-9H2,(H,24,28). The maximum absolute atomic E-state index is 12.4. The number of hydrogen-bond acceptors (Lipinski definition) is 6. The summed E-state index contributed by atoms with van der Waals surface area (Å²) in [5, 5.41) is 11.9. The van der Waals surface area contributed by atoms with Crippen LogP contribution in [0.5, 0.6) is 0 Å². The summed E-state index contributed by atoms with van der Waals surface area (Å²) < 4.78 is 6.73. The fourth-order valence-corrected chi connectivity index (χ4v) is 3.07. The van der Waals surface area contributed by atoms with Crippen LogP contribution in [0.1, 0.15) is 12.3 Å². The molecule has 2 heterocycles. The lowest BCUT2D eigenvalue weighted by Gasteiger charge is -2.12. The molecule has 4 aromatic rings. The molecule has 0 atom stereocenters. The molecule has 0 saturated carbocycles. The first-order valence-electron chi connectivity index (χ1n) is 8.62. The second-order valence-electron chi connectivity index (χ2n) is 6.04. The number of para-hydroxylation sites is 1. The van der Waals surface area contributed by atoms with Crippen molar-refractivity contribution in [3.05, 3.63) is 71.1 Å². The molecule has 0 aliphatic heterocycles. The first-order valence-corrected chi connectivity index (χ1v) is 9.37. The van der Waals surface area contributed by atoms with Gasteiger partial charge in [0.25, 0.3) is 0 Å². The van der Waals surface area contributed by atoms with Gasteiger partial charge in [-0.15, -0.1) is 0 Å². The summed E-state index contributed by atoms with van der Waals surface area (Å²) in [5.41, 5.74) is 1.86. The third-order valence-electron chi connectivity index (χ3n) is 4.05. The van der Waals surface area contributed by atoms with Crippen molar-refractivity contribution in [2.45, 2.75) is 12.8 Å². The molecule has 0 unspecified atom stereocenters. The molecule has 2 aromatic carbocycles. The maximum Gasteiger partial charge on any atom is 0.227 e. The SMILES string of the molecule is O=C(CCc1nc(-c2ccc(Cl)cc2)no1)Nc1cccc(Cl)c1-n1cncn1. The molecule has 0 bridgehead atoms. The Bertz CT molecular complexity index is 1130. The molecule has 1 N–H and O–H groups in total. The highest BCUT2D eigenvalue weighted by Gasteiger charge is 2.14. The normalized spacial score (nSPS) is 10.8. The Hall–Kier alpha value is -3.23. The zero-order chi connectivity index (χ0) is 20.2. The smallest absolute Gasteiger partial charge is 0.227 e. The van der Waals surface area contributed by atoms with Gasteiger partial charge in [-0.1, -0.05) is 34.4 Å². The second kappa shape index (κ2) is 8.42. The molecule has 0 radical (unpaired) electrons. The minimum Gasteiger partial charge on any atom is -0.339 e. The van der Waals surface area contributed by atoms with E-state index in [1.54, 1.807) is 42.5 Å². The van der Waals surface area contributed by atoms with E-state index in [0.29, 0.717) is 39.6 Å². The summed E-state index contributed by atoms with van der Waals surface area (Å²) in [6.45, 7) is 0. The second-order valence-corrected chi connectivity index (χ2v) is 6.89.